The smallest absolute Gasteiger partial charge is 0.462 e. The highest BCUT2D eigenvalue weighted by atomic mass is 31.2. The molecule has 0 spiro atoms. The molecule has 0 aromatic heterocycles. The summed E-state index contributed by atoms with van der Waals surface area (Å²) in [6.07, 6.45) is 48.5. The second kappa shape index (κ2) is 64.4. The fraction of sp³-hybridized carbons (Fsp3) is 0.947. The maximum atomic E-state index is 13.1. The van der Waals surface area contributed by atoms with Crippen LogP contribution in [0.3, 0.4) is 0 Å². The summed E-state index contributed by atoms with van der Waals surface area (Å²) in [6, 6.07) is 0. The summed E-state index contributed by atoms with van der Waals surface area (Å²) >= 11 is 0. The van der Waals surface area contributed by atoms with E-state index in [0.29, 0.717) is 25.7 Å². The second-order valence-electron chi connectivity index (χ2n) is 28.5. The SMILES string of the molecule is CCC(C)CCCCCCCCCCCCCCCCC(=O)O[C@H](COC(=O)CCCCCCCCC(C)CC)COP(=O)(O)OC[C@H](O)COP(=O)(O)OC[C@@H](COC(=O)CCCCCCCCCCCCCC(C)C)OC(=O)CCCCCCCCCCCC(C)C. The van der Waals surface area contributed by atoms with Crippen LogP contribution in [-0.4, -0.2) is 96.7 Å². The lowest BCUT2D eigenvalue weighted by Gasteiger charge is -2.21. The van der Waals surface area contributed by atoms with Gasteiger partial charge in [0, 0.05) is 25.7 Å². The lowest BCUT2D eigenvalue weighted by Crippen LogP contribution is -2.30. The molecule has 17 nitrogen and oxygen atoms in total. The van der Waals surface area contributed by atoms with Gasteiger partial charge in [0.25, 0.3) is 0 Å². The van der Waals surface area contributed by atoms with Gasteiger partial charge in [0.15, 0.2) is 12.2 Å². The van der Waals surface area contributed by atoms with E-state index in [4.69, 9.17) is 37.0 Å². The molecule has 0 saturated heterocycles. The predicted octanol–water partition coefficient (Wildman–Crippen LogP) is 21.7. The average molecular weight is 1380 g/mol. The number of ether oxygens (including phenoxy) is 4. The quantitative estimate of drug-likeness (QED) is 0.0222. The summed E-state index contributed by atoms with van der Waals surface area (Å²) in [5.41, 5.74) is 0. The van der Waals surface area contributed by atoms with Gasteiger partial charge < -0.3 is 33.8 Å². The number of phosphoric acid groups is 2. The minimum Gasteiger partial charge on any atom is -0.462 e. The number of phosphoric ester groups is 2. The maximum Gasteiger partial charge on any atom is 0.472 e. The van der Waals surface area contributed by atoms with Crippen LogP contribution in [0.2, 0.25) is 0 Å². The zero-order valence-electron chi connectivity index (χ0n) is 61.6. The number of esters is 4. The van der Waals surface area contributed by atoms with Crippen molar-refractivity contribution in [1.29, 1.82) is 0 Å². The Hall–Kier alpha value is -1.94. The predicted molar refractivity (Wildman–Crippen MR) is 381 cm³/mol. The van der Waals surface area contributed by atoms with Crippen molar-refractivity contribution in [3.8, 4) is 0 Å². The Labute approximate surface area is 575 Å². The van der Waals surface area contributed by atoms with Gasteiger partial charge in [0.2, 0.25) is 0 Å². The van der Waals surface area contributed by atoms with Crippen molar-refractivity contribution in [3.63, 3.8) is 0 Å². The van der Waals surface area contributed by atoms with E-state index in [1.165, 1.54) is 173 Å². The van der Waals surface area contributed by atoms with Gasteiger partial charge in [-0.1, -0.05) is 325 Å². The van der Waals surface area contributed by atoms with Crippen LogP contribution in [-0.2, 0) is 65.4 Å². The van der Waals surface area contributed by atoms with Gasteiger partial charge in [-0.15, -0.1) is 0 Å². The van der Waals surface area contributed by atoms with Crippen LogP contribution in [0.5, 0.6) is 0 Å². The molecule has 0 fully saturated rings. The van der Waals surface area contributed by atoms with Crippen LogP contribution >= 0.6 is 15.6 Å². The summed E-state index contributed by atoms with van der Waals surface area (Å²) in [4.78, 5) is 72.8. The largest absolute Gasteiger partial charge is 0.472 e. The molecule has 0 aliphatic heterocycles. The zero-order valence-corrected chi connectivity index (χ0v) is 63.4. The summed E-state index contributed by atoms with van der Waals surface area (Å²) < 4.78 is 68.5. The number of rotatable bonds is 72. The maximum absolute atomic E-state index is 13.1. The van der Waals surface area contributed by atoms with Gasteiger partial charge in [-0.05, 0) is 49.4 Å². The van der Waals surface area contributed by atoms with Crippen LogP contribution in [0.25, 0.3) is 0 Å². The molecule has 0 amide bonds. The molecule has 0 aromatic rings. The minimum absolute atomic E-state index is 0.105. The summed E-state index contributed by atoms with van der Waals surface area (Å²) in [5, 5.41) is 10.6. The van der Waals surface area contributed by atoms with E-state index in [2.05, 4.69) is 55.4 Å². The highest BCUT2D eigenvalue weighted by Crippen LogP contribution is 2.45. The van der Waals surface area contributed by atoms with Gasteiger partial charge >= 0.3 is 39.5 Å². The molecule has 0 aromatic carbocycles. The Morgan fingerprint density at radius 2 is 0.511 bits per heavy atom. The van der Waals surface area contributed by atoms with Crippen molar-refractivity contribution in [2.75, 3.05) is 39.6 Å². The Morgan fingerprint density at radius 3 is 0.755 bits per heavy atom. The number of hydrogen-bond donors (Lipinski definition) is 3. The lowest BCUT2D eigenvalue weighted by molar-refractivity contribution is -0.161. The molecule has 4 unspecified atom stereocenters. The van der Waals surface area contributed by atoms with E-state index >= 15 is 0 Å². The molecule has 0 bridgehead atoms. The van der Waals surface area contributed by atoms with Gasteiger partial charge in [0.05, 0.1) is 26.4 Å². The molecular formula is C75H146O17P2. The third-order valence-corrected chi connectivity index (χ3v) is 19.9. The van der Waals surface area contributed by atoms with Crippen LogP contribution in [0.4, 0.5) is 0 Å². The molecule has 0 aliphatic rings. The third-order valence-electron chi connectivity index (χ3n) is 18.0. The molecule has 0 radical (unpaired) electrons. The molecular weight excluding hydrogens is 1230 g/mol. The van der Waals surface area contributed by atoms with Crippen molar-refractivity contribution in [1.82, 2.24) is 0 Å². The topological polar surface area (TPSA) is 237 Å². The van der Waals surface area contributed by atoms with E-state index in [-0.39, 0.29) is 25.7 Å². The number of hydrogen-bond acceptors (Lipinski definition) is 15. The van der Waals surface area contributed by atoms with E-state index in [1.54, 1.807) is 0 Å². The summed E-state index contributed by atoms with van der Waals surface area (Å²) in [7, 11) is -9.91. The van der Waals surface area contributed by atoms with E-state index in [0.717, 1.165) is 120 Å². The van der Waals surface area contributed by atoms with E-state index < -0.39 is 97.5 Å². The van der Waals surface area contributed by atoms with Gasteiger partial charge in [-0.25, -0.2) is 9.13 Å². The first-order valence-electron chi connectivity index (χ1n) is 38.8. The van der Waals surface area contributed by atoms with Crippen molar-refractivity contribution >= 4 is 39.5 Å². The highest BCUT2D eigenvalue weighted by Gasteiger charge is 2.30. The van der Waals surface area contributed by atoms with Crippen LogP contribution in [0, 0.1) is 23.7 Å². The number of aliphatic hydroxyl groups excluding tert-OH is 1. The van der Waals surface area contributed by atoms with Crippen molar-refractivity contribution in [2.45, 2.75) is 395 Å². The Balaban J connectivity index is 5.24. The zero-order chi connectivity index (χ0) is 69.6. The van der Waals surface area contributed by atoms with E-state index in [9.17, 15) is 43.2 Å². The van der Waals surface area contributed by atoms with E-state index in [1.807, 2.05) is 0 Å². The standard InChI is InChI=1S/C75H146O17P2/c1-9-67(7)53-45-37-29-23-17-13-11-12-14-18-25-31-41-49-57-74(79)92-71(62-86-73(78)56-48-40-34-33-38-46-54-68(8)10-2)64-90-94(83,84)88-60-69(76)59-87-93(81,82)89-63-70(91-75(80)58-50-42-32-26-20-22-28-36-44-52-66(5)6)61-85-72(77)55-47-39-30-24-19-15-16-21-27-35-43-51-65(3)4/h65-71,76H,9-64H2,1-8H3,(H,81,82)(H,83,84)/t67?,68?,69-,70-,71-/m1/s1. The minimum atomic E-state index is -4.96. The molecule has 0 saturated carbocycles. The molecule has 0 rings (SSSR count). The molecule has 3 N–H and O–H groups in total. The number of unbranched alkanes of at least 4 members (excludes halogenated alkanes) is 36. The molecule has 0 aliphatic carbocycles. The lowest BCUT2D eigenvalue weighted by atomic mass is 9.99. The van der Waals surface area contributed by atoms with Gasteiger partial charge in [-0.3, -0.25) is 37.3 Å². The Bertz CT molecular complexity index is 1850. The normalized spacial score (nSPS) is 14.7. The van der Waals surface area contributed by atoms with Crippen LogP contribution < -0.4 is 0 Å². The fourth-order valence-electron chi connectivity index (χ4n) is 11.3. The molecule has 558 valence electrons. The van der Waals surface area contributed by atoms with Crippen molar-refractivity contribution in [2.24, 2.45) is 23.7 Å². The Kier molecular flexibility index (Phi) is 63.1. The van der Waals surface area contributed by atoms with Gasteiger partial charge in [0.1, 0.15) is 19.3 Å². The van der Waals surface area contributed by atoms with Crippen molar-refractivity contribution in [3.05, 3.63) is 0 Å². The summed E-state index contributed by atoms with van der Waals surface area (Å²) in [6.45, 7) is 14.2. The van der Waals surface area contributed by atoms with Crippen LogP contribution in [0.1, 0.15) is 376 Å². The first kappa shape index (κ1) is 92.1. The highest BCUT2D eigenvalue weighted by molar-refractivity contribution is 7.47. The van der Waals surface area contributed by atoms with Crippen LogP contribution in [0.15, 0.2) is 0 Å². The first-order valence-corrected chi connectivity index (χ1v) is 41.8. The molecule has 7 atom stereocenters. The number of carbonyl (C=O) groups excluding carboxylic acids is 4. The molecule has 0 heterocycles. The Morgan fingerprint density at radius 1 is 0.298 bits per heavy atom. The average Bonchev–Trinajstić information content (AvgIpc) is 1.31. The summed E-state index contributed by atoms with van der Waals surface area (Å²) in [5.74, 6) is 0.961. The number of carbonyl (C=O) groups is 4. The second-order valence-corrected chi connectivity index (χ2v) is 31.4. The fourth-order valence-corrected chi connectivity index (χ4v) is 12.9. The van der Waals surface area contributed by atoms with Crippen molar-refractivity contribution < 1.29 is 80.2 Å². The third kappa shape index (κ3) is 66.0. The molecule has 94 heavy (non-hydrogen) atoms. The van der Waals surface area contributed by atoms with Gasteiger partial charge in [-0.2, -0.15) is 0 Å². The monoisotopic (exact) mass is 1380 g/mol. The molecule has 19 heteroatoms. The first-order chi connectivity index (χ1) is 45.2. The number of aliphatic hydroxyl groups is 1.